The van der Waals surface area contributed by atoms with Gasteiger partial charge in [0, 0.05) is 6.20 Å². The summed E-state index contributed by atoms with van der Waals surface area (Å²) in [6.45, 7) is 13.8. The second-order valence-electron chi connectivity index (χ2n) is 7.18. The smallest absolute Gasteiger partial charge is 0.214 e. The Morgan fingerprint density at radius 3 is 2.14 bits per heavy atom. The zero-order valence-corrected chi connectivity index (χ0v) is 16.2. The van der Waals surface area contributed by atoms with Crippen molar-refractivity contribution in [2.75, 3.05) is 0 Å². The quantitative estimate of drug-likeness (QED) is 0.827. The van der Waals surface area contributed by atoms with Gasteiger partial charge < -0.3 is 4.43 Å². The average Bonchev–Trinajstić information content (AvgIpc) is 2.34. The second-order valence-corrected chi connectivity index (χ2v) is 13.9. The zero-order valence-electron chi connectivity index (χ0n) is 14.4. The molecule has 0 saturated carbocycles. The number of hydrogen-bond donors (Lipinski definition) is 1. The summed E-state index contributed by atoms with van der Waals surface area (Å²) in [7, 11) is -5.94. The Balaban J connectivity index is 3.27. The molecule has 1 aromatic heterocycles. The first-order valence-electron chi connectivity index (χ1n) is 7.23. The molecule has 0 aromatic carbocycles. The molecule has 0 aliphatic heterocycles. The molecule has 0 radical (unpaired) electrons. The minimum Gasteiger partial charge on any atom is -0.407 e. The highest BCUT2D eigenvalue weighted by Gasteiger charge is 2.42. The van der Waals surface area contributed by atoms with Gasteiger partial charge in [-0.3, -0.25) is 9.97 Å². The summed E-state index contributed by atoms with van der Waals surface area (Å²) < 4.78 is 29.9. The average molecular weight is 346 g/mol. The Morgan fingerprint density at radius 1 is 1.23 bits per heavy atom. The standard InChI is InChI=1S/C14H27N3O3SSi/c1-10-8-17-12(9-16-10)13(11(2)21(15,18)19)20-22(6,7)14(3,4)5/h8-9,11,13H,1-7H3,(H2,15,18,19)/t11-,13-/m0/s1. The Morgan fingerprint density at radius 2 is 1.77 bits per heavy atom. The van der Waals surface area contributed by atoms with Gasteiger partial charge in [0.05, 0.1) is 17.6 Å². The van der Waals surface area contributed by atoms with E-state index < -0.39 is 29.7 Å². The minimum atomic E-state index is -3.75. The first kappa shape index (κ1) is 19.2. The van der Waals surface area contributed by atoms with Crippen molar-refractivity contribution in [1.29, 1.82) is 0 Å². The molecule has 0 aliphatic rings. The fraction of sp³-hybridized carbons (Fsp3) is 0.714. The molecule has 2 N–H and O–H groups in total. The van der Waals surface area contributed by atoms with E-state index in [9.17, 15) is 8.42 Å². The van der Waals surface area contributed by atoms with Crippen LogP contribution in [0.3, 0.4) is 0 Å². The van der Waals surface area contributed by atoms with Gasteiger partial charge in [-0.1, -0.05) is 20.8 Å². The van der Waals surface area contributed by atoms with Gasteiger partial charge >= 0.3 is 0 Å². The van der Waals surface area contributed by atoms with Gasteiger partial charge in [-0.2, -0.15) is 0 Å². The van der Waals surface area contributed by atoms with Crippen LogP contribution in [-0.4, -0.2) is 32.0 Å². The van der Waals surface area contributed by atoms with Gasteiger partial charge in [0.1, 0.15) is 11.4 Å². The van der Waals surface area contributed by atoms with Crippen molar-refractivity contribution in [3.8, 4) is 0 Å². The van der Waals surface area contributed by atoms with Gasteiger partial charge in [-0.25, -0.2) is 13.6 Å². The van der Waals surface area contributed by atoms with Crippen molar-refractivity contribution in [2.24, 2.45) is 5.14 Å². The summed E-state index contributed by atoms with van der Waals surface area (Å²) in [5.74, 6) is 0. The number of primary sulfonamides is 1. The lowest BCUT2D eigenvalue weighted by molar-refractivity contribution is 0.176. The molecule has 0 amide bonds. The summed E-state index contributed by atoms with van der Waals surface area (Å²) in [5, 5.41) is 4.39. The maximum atomic E-state index is 11.8. The van der Waals surface area contributed by atoms with E-state index in [1.54, 1.807) is 19.3 Å². The molecule has 22 heavy (non-hydrogen) atoms. The SMILES string of the molecule is Cc1cnc([C@@H](O[Si](C)(C)C(C)(C)C)[C@H](C)S(N)(=O)=O)cn1. The lowest BCUT2D eigenvalue weighted by atomic mass is 10.2. The van der Waals surface area contributed by atoms with Crippen LogP contribution >= 0.6 is 0 Å². The van der Waals surface area contributed by atoms with E-state index in [2.05, 4.69) is 43.8 Å². The van der Waals surface area contributed by atoms with Crippen LogP contribution in [0.1, 0.15) is 45.2 Å². The third-order valence-corrected chi connectivity index (χ3v) is 10.0. The van der Waals surface area contributed by atoms with Crippen molar-refractivity contribution in [2.45, 2.75) is 64.1 Å². The molecular weight excluding hydrogens is 318 g/mol. The number of hydrogen-bond acceptors (Lipinski definition) is 5. The Labute approximate surface area is 134 Å². The number of sulfonamides is 1. The highest BCUT2D eigenvalue weighted by molar-refractivity contribution is 7.89. The van der Waals surface area contributed by atoms with Crippen LogP contribution in [0, 0.1) is 6.92 Å². The molecule has 1 rings (SSSR count). The molecule has 0 spiro atoms. The van der Waals surface area contributed by atoms with Crippen LogP contribution in [0.25, 0.3) is 0 Å². The fourth-order valence-electron chi connectivity index (χ4n) is 1.61. The largest absolute Gasteiger partial charge is 0.407 e. The van der Waals surface area contributed by atoms with E-state index in [1.807, 2.05) is 6.92 Å². The number of nitrogens with two attached hydrogens (primary N) is 1. The molecule has 126 valence electrons. The highest BCUT2D eigenvalue weighted by atomic mass is 32.2. The van der Waals surface area contributed by atoms with E-state index in [0.29, 0.717) is 5.69 Å². The van der Waals surface area contributed by atoms with Crippen LogP contribution < -0.4 is 5.14 Å². The summed E-state index contributed by atoms with van der Waals surface area (Å²) >= 11 is 0. The van der Waals surface area contributed by atoms with Crippen molar-refractivity contribution in [3.63, 3.8) is 0 Å². The minimum absolute atomic E-state index is 0.0541. The van der Waals surface area contributed by atoms with Crippen LogP contribution in [0.4, 0.5) is 0 Å². The molecule has 0 fully saturated rings. The molecule has 2 atom stereocenters. The van der Waals surface area contributed by atoms with Gasteiger partial charge in [0.25, 0.3) is 0 Å². The summed E-state index contributed by atoms with van der Waals surface area (Å²) in [4.78, 5) is 8.49. The summed E-state index contributed by atoms with van der Waals surface area (Å²) in [5.41, 5.74) is 1.26. The van der Waals surface area contributed by atoms with E-state index in [1.165, 1.54) is 0 Å². The fourth-order valence-corrected chi connectivity index (χ4v) is 3.56. The Hall–Kier alpha value is -0.833. The summed E-state index contributed by atoms with van der Waals surface area (Å²) in [6.07, 6.45) is 2.45. The third-order valence-electron chi connectivity index (χ3n) is 4.26. The molecule has 0 aliphatic carbocycles. The predicted octanol–water partition coefficient (Wildman–Crippen LogP) is 2.52. The Bertz CT molecular complexity index is 609. The number of rotatable bonds is 5. The van der Waals surface area contributed by atoms with Crippen molar-refractivity contribution in [3.05, 3.63) is 23.8 Å². The van der Waals surface area contributed by atoms with Crippen LogP contribution in [-0.2, 0) is 14.4 Å². The monoisotopic (exact) mass is 345 g/mol. The van der Waals surface area contributed by atoms with Gasteiger partial charge in [0.2, 0.25) is 10.0 Å². The third kappa shape index (κ3) is 4.58. The van der Waals surface area contributed by atoms with Crippen LogP contribution in [0.5, 0.6) is 0 Å². The maximum absolute atomic E-state index is 11.8. The van der Waals surface area contributed by atoms with E-state index in [-0.39, 0.29) is 5.04 Å². The van der Waals surface area contributed by atoms with Crippen molar-refractivity contribution in [1.82, 2.24) is 9.97 Å². The molecule has 1 heterocycles. The van der Waals surface area contributed by atoms with E-state index in [0.717, 1.165) is 5.69 Å². The highest BCUT2D eigenvalue weighted by Crippen LogP contribution is 2.40. The zero-order chi connectivity index (χ0) is 17.3. The van der Waals surface area contributed by atoms with Crippen molar-refractivity contribution < 1.29 is 12.8 Å². The maximum Gasteiger partial charge on any atom is 0.214 e. The van der Waals surface area contributed by atoms with Crippen LogP contribution in [0.15, 0.2) is 12.4 Å². The lowest BCUT2D eigenvalue weighted by Crippen LogP contribution is -2.45. The van der Waals surface area contributed by atoms with Gasteiger partial charge in [-0.05, 0) is 32.0 Å². The molecule has 6 nitrogen and oxygen atoms in total. The topological polar surface area (TPSA) is 95.2 Å². The van der Waals surface area contributed by atoms with E-state index in [4.69, 9.17) is 9.56 Å². The number of aromatic nitrogens is 2. The lowest BCUT2D eigenvalue weighted by Gasteiger charge is -2.40. The molecule has 0 saturated heterocycles. The Kier molecular flexibility index (Phi) is 5.54. The molecule has 0 bridgehead atoms. The molecular formula is C14H27N3O3SSi. The number of aryl methyl sites for hydroxylation is 1. The second kappa shape index (κ2) is 6.35. The number of nitrogens with zero attached hydrogens (tertiary/aromatic N) is 2. The predicted molar refractivity (Wildman–Crippen MR) is 90.4 cm³/mol. The molecule has 8 heteroatoms. The molecule has 0 unspecified atom stereocenters. The van der Waals surface area contributed by atoms with Crippen molar-refractivity contribution >= 4 is 18.3 Å². The molecule has 1 aromatic rings. The van der Waals surface area contributed by atoms with Crippen LogP contribution in [0.2, 0.25) is 18.1 Å². The first-order valence-corrected chi connectivity index (χ1v) is 11.8. The normalized spacial score (nSPS) is 16.4. The van der Waals surface area contributed by atoms with E-state index >= 15 is 0 Å². The van der Waals surface area contributed by atoms with Gasteiger partial charge in [0.15, 0.2) is 8.32 Å². The first-order chi connectivity index (χ1) is 9.75. The van der Waals surface area contributed by atoms with Gasteiger partial charge in [-0.15, -0.1) is 0 Å². The summed E-state index contributed by atoms with van der Waals surface area (Å²) in [6, 6.07) is 0.